The Labute approximate surface area is 169 Å². The average molecular weight is 414 g/mol. The molecule has 0 spiro atoms. The molecule has 3 aromatic rings. The smallest absolute Gasteiger partial charge is 0.285 e. The first-order chi connectivity index (χ1) is 13.6. The highest BCUT2D eigenvalue weighted by Crippen LogP contribution is 2.37. The van der Waals surface area contributed by atoms with Gasteiger partial charge in [0.2, 0.25) is 15.9 Å². The van der Waals surface area contributed by atoms with Crippen LogP contribution >= 0.6 is 0 Å². The molecule has 9 heteroatoms. The van der Waals surface area contributed by atoms with E-state index in [1.54, 1.807) is 38.2 Å². The Morgan fingerprint density at radius 1 is 1.14 bits per heavy atom. The highest BCUT2D eigenvalue weighted by Gasteiger charge is 2.23. The molecule has 1 amide bonds. The summed E-state index contributed by atoms with van der Waals surface area (Å²) in [6.07, 6.45) is 1.04. The van der Waals surface area contributed by atoms with Gasteiger partial charge in [0.15, 0.2) is 5.69 Å². The van der Waals surface area contributed by atoms with Crippen molar-refractivity contribution >= 4 is 38.2 Å². The van der Waals surface area contributed by atoms with Gasteiger partial charge < -0.3 is 9.67 Å². The van der Waals surface area contributed by atoms with Crippen LogP contribution < -0.4 is 4.31 Å². The number of rotatable bonds is 5. The second-order valence-electron chi connectivity index (χ2n) is 6.83. The number of anilines is 1. The fourth-order valence-corrected chi connectivity index (χ4v) is 4.01. The number of fused-ring (bicyclic) bond motifs is 1. The molecule has 1 N–H and O–H groups in total. The number of hydrogen-bond donors (Lipinski definition) is 1. The second-order valence-corrected chi connectivity index (χ2v) is 8.74. The molecule has 0 radical (unpaired) electrons. The molecule has 29 heavy (non-hydrogen) atoms. The molecule has 0 unspecified atom stereocenters. The van der Waals surface area contributed by atoms with Gasteiger partial charge >= 0.3 is 0 Å². The van der Waals surface area contributed by atoms with E-state index in [1.165, 1.54) is 4.57 Å². The fraction of sp³-hybridized carbons (Fsp3) is 0.250. The van der Waals surface area contributed by atoms with Gasteiger partial charge in [-0.1, -0.05) is 30.3 Å². The van der Waals surface area contributed by atoms with Crippen molar-refractivity contribution < 1.29 is 18.3 Å². The lowest BCUT2D eigenvalue weighted by Gasteiger charge is -2.23. The van der Waals surface area contributed by atoms with Crippen molar-refractivity contribution in [1.82, 2.24) is 4.57 Å². The van der Waals surface area contributed by atoms with Crippen molar-refractivity contribution in [3.8, 4) is 5.88 Å². The van der Waals surface area contributed by atoms with E-state index in [2.05, 4.69) is 10.2 Å². The molecule has 0 saturated carbocycles. The molecule has 152 valence electrons. The number of para-hydroxylation sites is 1. The summed E-state index contributed by atoms with van der Waals surface area (Å²) >= 11 is 0. The number of benzene rings is 2. The Morgan fingerprint density at radius 2 is 1.83 bits per heavy atom. The molecule has 0 saturated heterocycles. The monoisotopic (exact) mass is 414 g/mol. The van der Waals surface area contributed by atoms with Crippen LogP contribution in [0.15, 0.2) is 52.7 Å². The molecule has 8 nitrogen and oxygen atoms in total. The number of hydrogen-bond acceptors (Lipinski definition) is 5. The Balaban J connectivity index is 1.93. The minimum absolute atomic E-state index is 0.128. The van der Waals surface area contributed by atoms with E-state index < -0.39 is 22.5 Å². The number of amides is 1. The van der Waals surface area contributed by atoms with Gasteiger partial charge in [0, 0.05) is 12.4 Å². The van der Waals surface area contributed by atoms with Crippen LogP contribution in [0, 0.1) is 13.8 Å². The van der Waals surface area contributed by atoms with Crippen LogP contribution in [0.5, 0.6) is 5.88 Å². The van der Waals surface area contributed by atoms with Crippen LogP contribution in [-0.2, 0) is 21.9 Å². The molecule has 0 bridgehead atoms. The number of carbonyl (C=O) groups is 1. The molecule has 0 atom stereocenters. The molecular weight excluding hydrogens is 392 g/mol. The van der Waals surface area contributed by atoms with Gasteiger partial charge in [-0.2, -0.15) is 0 Å². The first kappa shape index (κ1) is 20.5. The van der Waals surface area contributed by atoms with Gasteiger partial charge in [0.1, 0.15) is 6.54 Å². The van der Waals surface area contributed by atoms with Crippen LogP contribution in [-0.4, -0.2) is 36.8 Å². The normalized spacial score (nSPS) is 12.0. The SMILES string of the molecule is Cc1cccc(N(CC(=O)N=Nc2c(O)n(C)c3ccccc23)S(C)(=O)=O)c1C. The zero-order valence-electron chi connectivity index (χ0n) is 16.6. The van der Waals surface area contributed by atoms with E-state index in [4.69, 9.17) is 0 Å². The van der Waals surface area contributed by atoms with E-state index in [0.29, 0.717) is 11.1 Å². The Kier molecular flexibility index (Phi) is 5.43. The van der Waals surface area contributed by atoms with E-state index in [1.807, 2.05) is 25.1 Å². The molecule has 2 aromatic carbocycles. The maximum atomic E-state index is 12.4. The summed E-state index contributed by atoms with van der Waals surface area (Å²) < 4.78 is 27.1. The number of sulfonamides is 1. The summed E-state index contributed by atoms with van der Waals surface area (Å²) in [6, 6.07) is 12.4. The quantitative estimate of drug-likeness (QED) is 0.644. The highest BCUT2D eigenvalue weighted by atomic mass is 32.2. The van der Waals surface area contributed by atoms with Gasteiger partial charge in [-0.15, -0.1) is 10.2 Å². The van der Waals surface area contributed by atoms with Gasteiger partial charge in [0.05, 0.1) is 17.5 Å². The maximum absolute atomic E-state index is 12.4. The van der Waals surface area contributed by atoms with Gasteiger partial charge in [0.25, 0.3) is 5.91 Å². The fourth-order valence-electron chi connectivity index (χ4n) is 3.11. The minimum atomic E-state index is -3.72. The zero-order chi connectivity index (χ0) is 21.3. The third kappa shape index (κ3) is 4.00. The average Bonchev–Trinajstić information content (AvgIpc) is 2.91. The topological polar surface area (TPSA) is 104 Å². The summed E-state index contributed by atoms with van der Waals surface area (Å²) in [7, 11) is -2.05. The van der Waals surface area contributed by atoms with Crippen LogP contribution in [0.2, 0.25) is 0 Å². The van der Waals surface area contributed by atoms with E-state index in [9.17, 15) is 18.3 Å². The summed E-state index contributed by atoms with van der Waals surface area (Å²) in [5.74, 6) is -0.874. The molecular formula is C20H22N4O4S. The highest BCUT2D eigenvalue weighted by molar-refractivity contribution is 7.92. The third-order valence-electron chi connectivity index (χ3n) is 4.84. The van der Waals surface area contributed by atoms with Gasteiger partial charge in [-0.25, -0.2) is 8.42 Å². The number of aryl methyl sites for hydroxylation is 2. The zero-order valence-corrected chi connectivity index (χ0v) is 17.4. The molecule has 3 rings (SSSR count). The predicted molar refractivity (Wildman–Crippen MR) is 112 cm³/mol. The lowest BCUT2D eigenvalue weighted by Crippen LogP contribution is -2.35. The Bertz CT molecular complexity index is 1230. The first-order valence-corrected chi connectivity index (χ1v) is 10.7. The number of aromatic hydroxyl groups is 1. The lowest BCUT2D eigenvalue weighted by atomic mass is 10.1. The predicted octanol–water partition coefficient (Wildman–Crippen LogP) is 3.58. The summed E-state index contributed by atoms with van der Waals surface area (Å²) in [6.45, 7) is 3.17. The molecule has 1 aromatic heterocycles. The Morgan fingerprint density at radius 3 is 2.52 bits per heavy atom. The molecule has 0 aliphatic carbocycles. The largest absolute Gasteiger partial charge is 0.493 e. The van der Waals surface area contributed by atoms with Crippen molar-refractivity contribution in [3.63, 3.8) is 0 Å². The second kappa shape index (κ2) is 7.67. The van der Waals surface area contributed by atoms with Crippen molar-refractivity contribution in [2.45, 2.75) is 13.8 Å². The van der Waals surface area contributed by atoms with Gasteiger partial charge in [-0.3, -0.25) is 9.10 Å². The maximum Gasteiger partial charge on any atom is 0.285 e. The van der Waals surface area contributed by atoms with Crippen LogP contribution in [0.3, 0.4) is 0 Å². The number of carbonyl (C=O) groups excluding carboxylic acids is 1. The number of azo groups is 1. The van der Waals surface area contributed by atoms with Crippen molar-refractivity contribution in [1.29, 1.82) is 0 Å². The van der Waals surface area contributed by atoms with Crippen LogP contribution in [0.1, 0.15) is 11.1 Å². The summed E-state index contributed by atoms with van der Waals surface area (Å²) in [5, 5.41) is 18.5. The summed E-state index contributed by atoms with van der Waals surface area (Å²) in [5.41, 5.74) is 2.98. The first-order valence-electron chi connectivity index (χ1n) is 8.86. The van der Waals surface area contributed by atoms with Crippen LogP contribution in [0.4, 0.5) is 11.4 Å². The van der Waals surface area contributed by atoms with Crippen LogP contribution in [0.25, 0.3) is 10.9 Å². The molecule has 0 aliphatic rings. The summed E-state index contributed by atoms with van der Waals surface area (Å²) in [4.78, 5) is 12.4. The third-order valence-corrected chi connectivity index (χ3v) is 5.96. The Hall–Kier alpha value is -3.20. The number of aromatic nitrogens is 1. The van der Waals surface area contributed by atoms with Crippen molar-refractivity contribution in [3.05, 3.63) is 53.6 Å². The lowest BCUT2D eigenvalue weighted by molar-refractivity contribution is -0.116. The minimum Gasteiger partial charge on any atom is -0.493 e. The standard InChI is InChI=1S/C20H22N4O4S/c1-13-8-7-11-16(14(13)2)24(29(4,27)28)12-18(25)21-22-19-15-9-5-6-10-17(15)23(3)20(19)26/h5-11,26H,12H2,1-4H3. The van der Waals surface area contributed by atoms with Crippen molar-refractivity contribution in [2.24, 2.45) is 17.3 Å². The molecule has 0 fully saturated rings. The molecule has 0 aliphatic heterocycles. The molecule has 1 heterocycles. The van der Waals surface area contributed by atoms with E-state index in [-0.39, 0.29) is 11.6 Å². The van der Waals surface area contributed by atoms with E-state index >= 15 is 0 Å². The van der Waals surface area contributed by atoms with Crippen molar-refractivity contribution in [2.75, 3.05) is 17.1 Å². The number of nitrogens with zero attached hydrogens (tertiary/aromatic N) is 4. The van der Waals surface area contributed by atoms with Gasteiger partial charge in [-0.05, 0) is 37.1 Å². The van der Waals surface area contributed by atoms with E-state index in [0.717, 1.165) is 27.2 Å².